The van der Waals surface area contributed by atoms with Crippen LogP contribution >= 0.6 is 35.7 Å². The van der Waals surface area contributed by atoms with E-state index in [1.807, 2.05) is 12.3 Å². The highest BCUT2D eigenvalue weighted by atomic mass is 127. The minimum absolute atomic E-state index is 0. The first-order valence-corrected chi connectivity index (χ1v) is 12.2. The van der Waals surface area contributed by atoms with Crippen molar-refractivity contribution in [1.82, 2.24) is 15.5 Å². The Labute approximate surface area is 212 Å². The van der Waals surface area contributed by atoms with E-state index in [9.17, 15) is 4.39 Å². The van der Waals surface area contributed by atoms with Gasteiger partial charge in [-0.3, -0.25) is 4.90 Å². The molecule has 1 fully saturated rings. The second-order valence-electron chi connectivity index (χ2n) is 7.60. The molecule has 0 aliphatic carbocycles. The molecule has 2 N–H and O–H groups in total. The summed E-state index contributed by atoms with van der Waals surface area (Å²) in [6.07, 6.45) is 2.03. The summed E-state index contributed by atoms with van der Waals surface area (Å²) in [5, 5.41) is 6.67. The van der Waals surface area contributed by atoms with Gasteiger partial charge in [-0.05, 0) is 47.6 Å². The second-order valence-corrected chi connectivity index (χ2v) is 8.47. The van der Waals surface area contributed by atoms with Crippen molar-refractivity contribution in [2.24, 2.45) is 4.99 Å². The molecular formula is C24H34FIN4OS. The third-order valence-electron chi connectivity index (χ3n) is 5.21. The van der Waals surface area contributed by atoms with Crippen LogP contribution < -0.4 is 10.6 Å². The van der Waals surface area contributed by atoms with E-state index in [4.69, 9.17) is 9.73 Å². The summed E-state index contributed by atoms with van der Waals surface area (Å²) < 4.78 is 19.0. The van der Waals surface area contributed by atoms with Gasteiger partial charge in [0.05, 0.1) is 19.8 Å². The summed E-state index contributed by atoms with van der Waals surface area (Å²) in [4.78, 5) is 7.15. The zero-order valence-corrected chi connectivity index (χ0v) is 22.0. The third kappa shape index (κ3) is 8.88. The average Bonchev–Trinajstić information content (AvgIpc) is 2.78. The van der Waals surface area contributed by atoms with Gasteiger partial charge in [0, 0.05) is 38.5 Å². The summed E-state index contributed by atoms with van der Waals surface area (Å²) in [5.74, 6) is 1.36. The van der Waals surface area contributed by atoms with E-state index >= 15 is 0 Å². The van der Waals surface area contributed by atoms with E-state index in [0.717, 1.165) is 62.2 Å². The van der Waals surface area contributed by atoms with Crippen molar-refractivity contribution in [3.8, 4) is 0 Å². The van der Waals surface area contributed by atoms with Crippen LogP contribution in [-0.4, -0.2) is 50.0 Å². The van der Waals surface area contributed by atoms with Gasteiger partial charge in [0.2, 0.25) is 0 Å². The van der Waals surface area contributed by atoms with E-state index < -0.39 is 0 Å². The Morgan fingerprint density at radius 2 is 1.78 bits per heavy atom. The van der Waals surface area contributed by atoms with Gasteiger partial charge in [0.1, 0.15) is 5.82 Å². The Hall–Kier alpha value is -1.36. The molecule has 176 valence electrons. The van der Waals surface area contributed by atoms with Crippen LogP contribution in [0.5, 0.6) is 0 Å². The topological polar surface area (TPSA) is 48.9 Å². The predicted octanol–water partition coefficient (Wildman–Crippen LogP) is 4.39. The van der Waals surface area contributed by atoms with Crippen molar-refractivity contribution in [2.75, 3.05) is 39.1 Å². The maximum atomic E-state index is 13.6. The molecule has 0 unspecified atom stereocenters. The molecule has 5 nitrogen and oxygen atoms in total. The van der Waals surface area contributed by atoms with Crippen LogP contribution in [0.15, 0.2) is 47.5 Å². The molecule has 1 aliphatic heterocycles. The molecule has 2 aromatic rings. The number of hydrogen-bond donors (Lipinski definition) is 2. The van der Waals surface area contributed by atoms with Gasteiger partial charge in [-0.2, -0.15) is 11.8 Å². The average molecular weight is 573 g/mol. The Morgan fingerprint density at radius 3 is 2.47 bits per heavy atom. The van der Waals surface area contributed by atoms with Crippen molar-refractivity contribution in [1.29, 1.82) is 0 Å². The lowest BCUT2D eigenvalue weighted by Gasteiger charge is -2.26. The lowest BCUT2D eigenvalue weighted by molar-refractivity contribution is 0.0342. The van der Waals surface area contributed by atoms with Crippen LogP contribution in [0.3, 0.4) is 0 Å². The molecule has 0 saturated carbocycles. The highest BCUT2D eigenvalue weighted by Crippen LogP contribution is 2.16. The highest BCUT2D eigenvalue weighted by Gasteiger charge is 2.10. The van der Waals surface area contributed by atoms with E-state index in [2.05, 4.69) is 46.7 Å². The summed E-state index contributed by atoms with van der Waals surface area (Å²) in [6.45, 7) is 8.66. The van der Waals surface area contributed by atoms with Gasteiger partial charge in [-0.1, -0.05) is 30.3 Å². The minimum Gasteiger partial charge on any atom is -0.379 e. The molecule has 0 aromatic heterocycles. The molecule has 0 amide bonds. The first-order chi connectivity index (χ1) is 15.2. The Balaban J connectivity index is 0.00000363. The number of benzene rings is 2. The smallest absolute Gasteiger partial charge is 0.191 e. The molecule has 0 atom stereocenters. The van der Waals surface area contributed by atoms with Crippen LogP contribution in [-0.2, 0) is 30.1 Å². The molecule has 3 rings (SSSR count). The largest absolute Gasteiger partial charge is 0.379 e. The molecule has 8 heteroatoms. The van der Waals surface area contributed by atoms with Crippen molar-refractivity contribution in [2.45, 2.75) is 32.3 Å². The van der Waals surface area contributed by atoms with Crippen molar-refractivity contribution in [3.05, 3.63) is 70.5 Å². The number of aliphatic imine (C=N–C) groups is 1. The zero-order chi connectivity index (χ0) is 21.9. The molecule has 0 spiro atoms. The maximum Gasteiger partial charge on any atom is 0.191 e. The van der Waals surface area contributed by atoms with Crippen LogP contribution in [0.1, 0.15) is 29.2 Å². The van der Waals surface area contributed by atoms with Crippen molar-refractivity contribution < 1.29 is 9.13 Å². The van der Waals surface area contributed by atoms with E-state index in [0.29, 0.717) is 13.1 Å². The van der Waals surface area contributed by atoms with Crippen LogP contribution in [0.2, 0.25) is 0 Å². The fourth-order valence-electron chi connectivity index (χ4n) is 3.52. The number of ether oxygens (including phenoxy) is 1. The molecule has 1 heterocycles. The molecular weight excluding hydrogens is 538 g/mol. The number of morpholine rings is 1. The summed E-state index contributed by atoms with van der Waals surface area (Å²) in [6, 6.07) is 13.7. The lowest BCUT2D eigenvalue weighted by atomic mass is 10.1. The third-order valence-corrected chi connectivity index (χ3v) is 5.81. The van der Waals surface area contributed by atoms with Crippen LogP contribution in [0, 0.1) is 5.82 Å². The van der Waals surface area contributed by atoms with Gasteiger partial charge < -0.3 is 15.4 Å². The number of halogens is 2. The predicted molar refractivity (Wildman–Crippen MR) is 143 cm³/mol. The lowest BCUT2D eigenvalue weighted by Crippen LogP contribution is -2.37. The summed E-state index contributed by atoms with van der Waals surface area (Å²) in [7, 11) is 0. The number of rotatable bonds is 9. The molecule has 0 bridgehead atoms. The van der Waals surface area contributed by atoms with Crippen molar-refractivity contribution >= 4 is 41.7 Å². The molecule has 0 radical (unpaired) electrons. The number of nitrogens with one attached hydrogen (secondary N) is 2. The first kappa shape index (κ1) is 26.9. The first-order valence-electron chi connectivity index (χ1n) is 10.8. The van der Waals surface area contributed by atoms with Crippen molar-refractivity contribution in [3.63, 3.8) is 0 Å². The normalized spacial score (nSPS) is 14.7. The summed E-state index contributed by atoms with van der Waals surface area (Å²) >= 11 is 1.69. The van der Waals surface area contributed by atoms with E-state index in [-0.39, 0.29) is 29.8 Å². The van der Waals surface area contributed by atoms with Gasteiger partial charge >= 0.3 is 0 Å². The monoisotopic (exact) mass is 572 g/mol. The number of thioether (sulfide) groups is 1. The van der Waals surface area contributed by atoms with E-state index in [1.54, 1.807) is 17.8 Å². The fourth-order valence-corrected chi connectivity index (χ4v) is 4.10. The number of guanidine groups is 1. The molecule has 2 aromatic carbocycles. The highest BCUT2D eigenvalue weighted by molar-refractivity contribution is 14.0. The summed E-state index contributed by atoms with van der Waals surface area (Å²) in [5.41, 5.74) is 4.60. The Bertz CT molecular complexity index is 844. The zero-order valence-electron chi connectivity index (χ0n) is 18.9. The number of nitrogens with zero attached hydrogens (tertiary/aromatic N) is 2. The van der Waals surface area contributed by atoms with Crippen LogP contribution in [0.4, 0.5) is 4.39 Å². The molecule has 1 aliphatic rings. The van der Waals surface area contributed by atoms with Gasteiger partial charge in [-0.15, -0.1) is 24.0 Å². The van der Waals surface area contributed by atoms with Gasteiger partial charge in [0.15, 0.2) is 5.96 Å². The maximum absolute atomic E-state index is 13.6. The number of hydrogen-bond acceptors (Lipinski definition) is 4. The van der Waals surface area contributed by atoms with Gasteiger partial charge in [0.25, 0.3) is 0 Å². The fraction of sp³-hybridized carbons (Fsp3) is 0.458. The minimum atomic E-state index is -0.189. The van der Waals surface area contributed by atoms with E-state index in [1.165, 1.54) is 17.2 Å². The van der Waals surface area contributed by atoms with Gasteiger partial charge in [-0.25, -0.2) is 9.38 Å². The quantitative estimate of drug-likeness (QED) is 0.265. The SMILES string of the molecule is CCNC(=NCc1ccc(CN2CCOCC2)cc1)NCc1ccc(F)cc1CSC.I. The molecule has 1 saturated heterocycles. The molecule has 32 heavy (non-hydrogen) atoms. The standard InChI is InChI=1S/C24H33FN4OS.HI/c1-3-26-24(28-16-21-8-9-23(25)14-22(21)18-31-2)27-15-19-4-6-20(7-5-19)17-29-10-12-30-13-11-29;/h4-9,14H,3,10-13,15-18H2,1-2H3,(H2,26,27,28);1H. The van der Waals surface area contributed by atoms with Crippen LogP contribution in [0.25, 0.3) is 0 Å². The Kier molecular flexibility index (Phi) is 12.4. The Morgan fingerprint density at radius 1 is 1.06 bits per heavy atom. The second kappa shape index (κ2) is 14.7.